The molecule has 2 aromatic rings. The number of hydrogen-bond acceptors (Lipinski definition) is 7. The molecule has 5 N–H and O–H groups in total. The van der Waals surface area contributed by atoms with Gasteiger partial charge in [0.2, 0.25) is 17.8 Å². The molecule has 0 saturated heterocycles. The molecule has 1 atom stereocenters. The van der Waals surface area contributed by atoms with Crippen molar-refractivity contribution in [2.45, 2.75) is 23.8 Å². The average molecular weight is 304 g/mol. The number of thioether (sulfide) groups is 1. The molecule has 1 aromatic heterocycles. The Morgan fingerprint density at radius 2 is 1.81 bits per heavy atom. The summed E-state index contributed by atoms with van der Waals surface area (Å²) in [6.07, 6.45) is 0.620. The van der Waals surface area contributed by atoms with Gasteiger partial charge in [-0.05, 0) is 18.6 Å². The van der Waals surface area contributed by atoms with Gasteiger partial charge in [0.05, 0.1) is 5.25 Å². The summed E-state index contributed by atoms with van der Waals surface area (Å²) < 4.78 is 0. The van der Waals surface area contributed by atoms with Gasteiger partial charge in [0.1, 0.15) is 0 Å². The van der Waals surface area contributed by atoms with Gasteiger partial charge in [0, 0.05) is 5.69 Å². The summed E-state index contributed by atoms with van der Waals surface area (Å²) in [4.78, 5) is 23.9. The quantitative estimate of drug-likeness (QED) is 0.717. The van der Waals surface area contributed by atoms with Crippen molar-refractivity contribution in [2.24, 2.45) is 0 Å². The Bertz CT molecular complexity index is 601. The Hall–Kier alpha value is -2.35. The van der Waals surface area contributed by atoms with Crippen molar-refractivity contribution in [3.8, 4) is 0 Å². The highest BCUT2D eigenvalue weighted by atomic mass is 32.2. The van der Waals surface area contributed by atoms with E-state index in [0.29, 0.717) is 11.6 Å². The van der Waals surface area contributed by atoms with Crippen molar-refractivity contribution in [3.63, 3.8) is 0 Å². The van der Waals surface area contributed by atoms with E-state index in [-0.39, 0.29) is 23.1 Å². The van der Waals surface area contributed by atoms with Crippen LogP contribution < -0.4 is 16.8 Å². The Morgan fingerprint density at radius 1 is 1.19 bits per heavy atom. The lowest BCUT2D eigenvalue weighted by molar-refractivity contribution is -0.115. The molecule has 0 aliphatic rings. The highest BCUT2D eigenvalue weighted by molar-refractivity contribution is 8.00. The molecule has 7 nitrogen and oxygen atoms in total. The van der Waals surface area contributed by atoms with Gasteiger partial charge >= 0.3 is 0 Å². The zero-order valence-electron chi connectivity index (χ0n) is 11.5. The summed E-state index contributed by atoms with van der Waals surface area (Å²) in [5, 5.41) is 2.85. The van der Waals surface area contributed by atoms with Crippen LogP contribution in [0.15, 0.2) is 35.5 Å². The van der Waals surface area contributed by atoms with Crippen LogP contribution in [0, 0.1) is 0 Å². The molecule has 0 aliphatic carbocycles. The van der Waals surface area contributed by atoms with E-state index in [1.165, 1.54) is 11.8 Å². The van der Waals surface area contributed by atoms with Gasteiger partial charge in [-0.2, -0.15) is 15.0 Å². The monoisotopic (exact) mass is 304 g/mol. The number of hydrogen-bond donors (Lipinski definition) is 3. The maximum atomic E-state index is 12.3. The van der Waals surface area contributed by atoms with Gasteiger partial charge in [0.25, 0.3) is 0 Å². The predicted molar refractivity (Wildman–Crippen MR) is 83.7 cm³/mol. The third kappa shape index (κ3) is 4.32. The molecule has 2 rings (SSSR count). The second-order valence-electron chi connectivity index (χ2n) is 4.20. The number of aromatic nitrogens is 3. The normalized spacial score (nSPS) is 11.9. The fourth-order valence-corrected chi connectivity index (χ4v) is 2.51. The fourth-order valence-electron chi connectivity index (χ4n) is 1.63. The van der Waals surface area contributed by atoms with Crippen molar-refractivity contribution in [1.29, 1.82) is 0 Å². The Morgan fingerprint density at radius 3 is 2.38 bits per heavy atom. The van der Waals surface area contributed by atoms with E-state index in [1.807, 2.05) is 37.3 Å². The first kappa shape index (κ1) is 15.0. The number of nitrogens with one attached hydrogen (secondary N) is 1. The molecular weight excluding hydrogens is 288 g/mol. The number of rotatable bonds is 5. The second-order valence-corrected chi connectivity index (χ2v) is 5.37. The predicted octanol–water partition coefficient (Wildman–Crippen LogP) is 1.55. The van der Waals surface area contributed by atoms with E-state index in [2.05, 4.69) is 20.3 Å². The number of carbonyl (C=O) groups excluding carboxylic acids is 1. The number of carbonyl (C=O) groups is 1. The molecule has 0 saturated carbocycles. The number of nitrogens with two attached hydrogens (primary N) is 2. The number of anilines is 3. The summed E-state index contributed by atoms with van der Waals surface area (Å²) in [5.41, 5.74) is 11.8. The summed E-state index contributed by atoms with van der Waals surface area (Å²) in [6.45, 7) is 1.91. The van der Waals surface area contributed by atoms with Gasteiger partial charge in [-0.15, -0.1) is 0 Å². The summed E-state index contributed by atoms with van der Waals surface area (Å²) in [5.74, 6) is -0.0297. The van der Waals surface area contributed by atoms with Crippen molar-refractivity contribution < 1.29 is 4.79 Å². The highest BCUT2D eigenvalue weighted by Crippen LogP contribution is 2.24. The zero-order valence-corrected chi connectivity index (χ0v) is 12.3. The van der Waals surface area contributed by atoms with E-state index in [4.69, 9.17) is 11.5 Å². The standard InChI is InChI=1S/C13H16N6OS/c1-2-9(10(20)16-8-6-4-3-5-7-8)21-13-18-11(14)17-12(15)19-13/h3-7,9H,2H2,1H3,(H,16,20)(H4,14,15,17,18,19)/t9-/m1/s1. The van der Waals surface area contributed by atoms with Gasteiger partial charge in [-0.1, -0.05) is 36.9 Å². The Labute approximate surface area is 126 Å². The molecule has 0 spiro atoms. The first-order chi connectivity index (χ1) is 10.1. The topological polar surface area (TPSA) is 120 Å². The van der Waals surface area contributed by atoms with E-state index in [0.717, 1.165) is 5.69 Å². The lowest BCUT2D eigenvalue weighted by Gasteiger charge is -2.13. The van der Waals surface area contributed by atoms with E-state index >= 15 is 0 Å². The van der Waals surface area contributed by atoms with Gasteiger partial charge in [-0.3, -0.25) is 4.79 Å². The van der Waals surface area contributed by atoms with Crippen LogP contribution in [0.4, 0.5) is 17.6 Å². The number of benzene rings is 1. The minimum absolute atomic E-state index is 0.0447. The Balaban J connectivity index is 2.07. The molecule has 0 fully saturated rings. The molecule has 0 radical (unpaired) electrons. The molecule has 8 heteroatoms. The number of nitrogen functional groups attached to an aromatic ring is 2. The minimum atomic E-state index is -0.341. The van der Waals surface area contributed by atoms with Crippen LogP contribution in [0.5, 0.6) is 0 Å². The van der Waals surface area contributed by atoms with Crippen LogP contribution in [0.25, 0.3) is 0 Å². The van der Waals surface area contributed by atoms with E-state index < -0.39 is 0 Å². The van der Waals surface area contributed by atoms with E-state index in [9.17, 15) is 4.79 Å². The maximum absolute atomic E-state index is 12.3. The van der Waals surface area contributed by atoms with E-state index in [1.54, 1.807) is 0 Å². The third-order valence-corrected chi connectivity index (χ3v) is 3.83. The van der Waals surface area contributed by atoms with Crippen LogP contribution in [0.2, 0.25) is 0 Å². The van der Waals surface area contributed by atoms with Gasteiger partial charge in [0.15, 0.2) is 5.16 Å². The average Bonchev–Trinajstić information content (AvgIpc) is 2.44. The van der Waals surface area contributed by atoms with Crippen molar-refractivity contribution in [2.75, 3.05) is 16.8 Å². The summed E-state index contributed by atoms with van der Waals surface area (Å²) in [7, 11) is 0. The number of nitrogens with zero attached hydrogens (tertiary/aromatic N) is 3. The fraction of sp³-hybridized carbons (Fsp3) is 0.231. The molecule has 110 valence electrons. The molecule has 1 amide bonds. The first-order valence-electron chi connectivity index (χ1n) is 6.38. The summed E-state index contributed by atoms with van der Waals surface area (Å²) >= 11 is 1.21. The van der Waals surface area contributed by atoms with Crippen LogP contribution >= 0.6 is 11.8 Å². The van der Waals surface area contributed by atoms with Gasteiger partial charge in [-0.25, -0.2) is 0 Å². The molecular formula is C13H16N6OS. The summed E-state index contributed by atoms with van der Waals surface area (Å²) in [6, 6.07) is 9.26. The van der Waals surface area contributed by atoms with Gasteiger partial charge < -0.3 is 16.8 Å². The number of amides is 1. The molecule has 1 aromatic carbocycles. The lowest BCUT2D eigenvalue weighted by atomic mass is 10.3. The molecule has 0 unspecified atom stereocenters. The smallest absolute Gasteiger partial charge is 0.237 e. The maximum Gasteiger partial charge on any atom is 0.237 e. The zero-order chi connectivity index (χ0) is 15.2. The van der Waals surface area contributed by atoms with Crippen LogP contribution in [-0.2, 0) is 4.79 Å². The van der Waals surface area contributed by atoms with Crippen molar-refractivity contribution in [1.82, 2.24) is 15.0 Å². The SMILES string of the molecule is CC[C@@H](Sc1nc(N)nc(N)n1)C(=O)Nc1ccccc1. The second kappa shape index (κ2) is 6.89. The minimum Gasteiger partial charge on any atom is -0.368 e. The van der Waals surface area contributed by atoms with Crippen LogP contribution in [-0.4, -0.2) is 26.1 Å². The molecule has 1 heterocycles. The lowest BCUT2D eigenvalue weighted by Crippen LogP contribution is -2.25. The number of para-hydroxylation sites is 1. The molecule has 21 heavy (non-hydrogen) atoms. The molecule has 0 bridgehead atoms. The van der Waals surface area contributed by atoms with Crippen LogP contribution in [0.1, 0.15) is 13.3 Å². The third-order valence-electron chi connectivity index (χ3n) is 2.60. The Kier molecular flexibility index (Phi) is 4.94. The first-order valence-corrected chi connectivity index (χ1v) is 7.26. The van der Waals surface area contributed by atoms with Crippen LogP contribution in [0.3, 0.4) is 0 Å². The van der Waals surface area contributed by atoms with Crippen molar-refractivity contribution in [3.05, 3.63) is 30.3 Å². The highest BCUT2D eigenvalue weighted by Gasteiger charge is 2.20. The molecule has 0 aliphatic heterocycles. The van der Waals surface area contributed by atoms with Crippen molar-refractivity contribution >= 4 is 35.3 Å². The largest absolute Gasteiger partial charge is 0.368 e.